The average Bonchev–Trinajstić information content (AvgIpc) is 3.50. The van der Waals surface area contributed by atoms with Crippen molar-refractivity contribution in [3.8, 4) is 17.0 Å². The normalized spacial score (nSPS) is 12.1. The Labute approximate surface area is 193 Å². The van der Waals surface area contributed by atoms with Gasteiger partial charge >= 0.3 is 0 Å². The first-order valence-corrected chi connectivity index (χ1v) is 11.3. The number of aryl methyl sites for hydroxylation is 1. The maximum absolute atomic E-state index is 12.5. The highest BCUT2D eigenvalue weighted by Gasteiger charge is 2.13. The second-order valence-corrected chi connectivity index (χ2v) is 8.63. The van der Waals surface area contributed by atoms with Gasteiger partial charge in [0.1, 0.15) is 12.7 Å². The number of aromatic nitrogens is 4. The van der Waals surface area contributed by atoms with Crippen LogP contribution in [0.2, 0.25) is 0 Å². The van der Waals surface area contributed by atoms with Crippen molar-refractivity contribution >= 4 is 5.91 Å². The standard InChI is InChI=1S/C26H29N5O2/c1-18(2)14-20-4-6-22(7-5-20)24-15-28-26(33-24)13-12-25(32)30-19(3)21-8-10-23(11-9-21)31-17-27-16-29-31/h4-11,15-19H,12-14H2,1-3H3,(H,30,32)/t19-/m1/s1. The summed E-state index contributed by atoms with van der Waals surface area (Å²) in [6.45, 7) is 6.39. The molecule has 1 atom stereocenters. The Morgan fingerprint density at radius 1 is 1.06 bits per heavy atom. The zero-order valence-electron chi connectivity index (χ0n) is 19.2. The van der Waals surface area contributed by atoms with E-state index < -0.39 is 0 Å². The Hall–Kier alpha value is -3.74. The van der Waals surface area contributed by atoms with Gasteiger partial charge in [0.25, 0.3) is 0 Å². The minimum absolute atomic E-state index is 0.0411. The van der Waals surface area contributed by atoms with Crippen molar-refractivity contribution in [2.75, 3.05) is 0 Å². The number of carbonyl (C=O) groups excluding carboxylic acids is 1. The Bertz CT molecular complexity index is 1160. The lowest BCUT2D eigenvalue weighted by Gasteiger charge is -2.14. The Morgan fingerprint density at radius 3 is 2.48 bits per heavy atom. The van der Waals surface area contributed by atoms with E-state index in [-0.39, 0.29) is 11.9 Å². The topological polar surface area (TPSA) is 85.8 Å². The van der Waals surface area contributed by atoms with E-state index in [1.807, 2.05) is 31.2 Å². The molecule has 4 aromatic rings. The third-order valence-electron chi connectivity index (χ3n) is 5.46. The lowest BCUT2D eigenvalue weighted by Crippen LogP contribution is -2.26. The SMILES string of the molecule is CC(C)Cc1ccc(-c2cnc(CCC(=O)N[C@H](C)c3ccc(-n4cncn4)cc3)o2)cc1. The number of amides is 1. The van der Waals surface area contributed by atoms with E-state index in [1.165, 1.54) is 11.9 Å². The van der Waals surface area contributed by atoms with E-state index in [0.29, 0.717) is 24.7 Å². The number of nitrogens with one attached hydrogen (secondary N) is 1. The molecule has 1 N–H and O–H groups in total. The van der Waals surface area contributed by atoms with Crippen LogP contribution >= 0.6 is 0 Å². The van der Waals surface area contributed by atoms with Crippen LogP contribution in [0.3, 0.4) is 0 Å². The molecule has 1 amide bonds. The molecule has 0 aliphatic rings. The Kier molecular flexibility index (Phi) is 6.98. The Morgan fingerprint density at radius 2 is 1.82 bits per heavy atom. The summed E-state index contributed by atoms with van der Waals surface area (Å²) >= 11 is 0. The van der Waals surface area contributed by atoms with Crippen LogP contribution in [0, 0.1) is 5.92 Å². The highest BCUT2D eigenvalue weighted by Crippen LogP contribution is 2.22. The minimum Gasteiger partial charge on any atom is -0.441 e. The van der Waals surface area contributed by atoms with Crippen LogP contribution in [0.1, 0.15) is 50.3 Å². The van der Waals surface area contributed by atoms with Gasteiger partial charge in [0.05, 0.1) is 17.9 Å². The summed E-state index contributed by atoms with van der Waals surface area (Å²) in [6, 6.07) is 16.1. The van der Waals surface area contributed by atoms with E-state index in [2.05, 4.69) is 58.5 Å². The first-order chi connectivity index (χ1) is 16.0. The van der Waals surface area contributed by atoms with Crippen molar-refractivity contribution in [2.45, 2.75) is 46.1 Å². The molecule has 0 fully saturated rings. The highest BCUT2D eigenvalue weighted by atomic mass is 16.4. The fraction of sp³-hybridized carbons (Fsp3) is 0.308. The van der Waals surface area contributed by atoms with Crippen LogP contribution in [0.5, 0.6) is 0 Å². The number of hydrogen-bond acceptors (Lipinski definition) is 5. The molecule has 33 heavy (non-hydrogen) atoms. The predicted molar refractivity (Wildman–Crippen MR) is 127 cm³/mol. The number of hydrogen-bond donors (Lipinski definition) is 1. The van der Waals surface area contributed by atoms with Gasteiger partial charge in [-0.15, -0.1) is 0 Å². The van der Waals surface area contributed by atoms with Gasteiger partial charge in [-0.25, -0.2) is 14.6 Å². The molecule has 2 heterocycles. The molecule has 170 valence electrons. The van der Waals surface area contributed by atoms with E-state index in [9.17, 15) is 4.79 Å². The van der Waals surface area contributed by atoms with Gasteiger partial charge in [-0.1, -0.05) is 50.2 Å². The summed E-state index contributed by atoms with van der Waals surface area (Å²) in [5.41, 5.74) is 4.25. The summed E-state index contributed by atoms with van der Waals surface area (Å²) in [4.78, 5) is 20.8. The largest absolute Gasteiger partial charge is 0.441 e. The van der Waals surface area contributed by atoms with E-state index in [1.54, 1.807) is 17.2 Å². The van der Waals surface area contributed by atoms with Crippen molar-refractivity contribution in [3.05, 3.63) is 84.4 Å². The van der Waals surface area contributed by atoms with Crippen LogP contribution in [0.15, 0.2) is 71.8 Å². The van der Waals surface area contributed by atoms with Crippen LogP contribution < -0.4 is 5.32 Å². The molecule has 4 rings (SSSR count). The van der Waals surface area contributed by atoms with Gasteiger partial charge in [0.2, 0.25) is 5.91 Å². The van der Waals surface area contributed by atoms with Crippen molar-refractivity contribution in [3.63, 3.8) is 0 Å². The van der Waals surface area contributed by atoms with E-state index in [4.69, 9.17) is 4.42 Å². The molecule has 0 saturated carbocycles. The quantitative estimate of drug-likeness (QED) is 0.396. The molecule has 7 nitrogen and oxygen atoms in total. The van der Waals surface area contributed by atoms with Gasteiger partial charge in [0.15, 0.2) is 11.7 Å². The van der Waals surface area contributed by atoms with Gasteiger partial charge in [-0.3, -0.25) is 4.79 Å². The lowest BCUT2D eigenvalue weighted by atomic mass is 10.0. The predicted octanol–water partition coefficient (Wildman–Crippen LogP) is 4.93. The monoisotopic (exact) mass is 443 g/mol. The zero-order valence-corrected chi connectivity index (χ0v) is 19.2. The van der Waals surface area contributed by atoms with Gasteiger partial charge in [-0.2, -0.15) is 5.10 Å². The second-order valence-electron chi connectivity index (χ2n) is 8.63. The van der Waals surface area contributed by atoms with Crippen LogP contribution in [-0.4, -0.2) is 25.7 Å². The lowest BCUT2D eigenvalue weighted by molar-refractivity contribution is -0.121. The molecule has 2 aromatic carbocycles. The number of carbonyl (C=O) groups is 1. The zero-order chi connectivity index (χ0) is 23.2. The molecule has 7 heteroatoms. The van der Waals surface area contributed by atoms with Crippen LogP contribution in [0.4, 0.5) is 0 Å². The maximum Gasteiger partial charge on any atom is 0.220 e. The number of nitrogens with zero attached hydrogens (tertiary/aromatic N) is 4. The molecule has 0 aliphatic carbocycles. The maximum atomic E-state index is 12.5. The van der Waals surface area contributed by atoms with Crippen LogP contribution in [-0.2, 0) is 17.6 Å². The molecule has 0 saturated heterocycles. The third kappa shape index (κ3) is 5.94. The van der Waals surface area contributed by atoms with E-state index in [0.717, 1.165) is 29.0 Å². The van der Waals surface area contributed by atoms with E-state index >= 15 is 0 Å². The van der Waals surface area contributed by atoms with Gasteiger partial charge in [0, 0.05) is 18.4 Å². The van der Waals surface area contributed by atoms with Gasteiger partial charge < -0.3 is 9.73 Å². The van der Waals surface area contributed by atoms with Crippen molar-refractivity contribution in [1.82, 2.24) is 25.1 Å². The molecule has 0 spiro atoms. The molecule has 2 aromatic heterocycles. The summed E-state index contributed by atoms with van der Waals surface area (Å²) < 4.78 is 7.57. The molecule has 0 bridgehead atoms. The number of rotatable bonds is 9. The highest BCUT2D eigenvalue weighted by molar-refractivity contribution is 5.76. The first kappa shape index (κ1) is 22.5. The first-order valence-electron chi connectivity index (χ1n) is 11.3. The smallest absolute Gasteiger partial charge is 0.220 e. The summed E-state index contributed by atoms with van der Waals surface area (Å²) in [7, 11) is 0. The molecule has 0 aliphatic heterocycles. The molecule has 0 unspecified atom stereocenters. The van der Waals surface area contributed by atoms with Crippen molar-refractivity contribution in [1.29, 1.82) is 0 Å². The fourth-order valence-corrected chi connectivity index (χ4v) is 3.71. The van der Waals surface area contributed by atoms with Crippen molar-refractivity contribution in [2.24, 2.45) is 5.92 Å². The molecular weight excluding hydrogens is 414 g/mol. The Balaban J connectivity index is 1.28. The number of oxazole rings is 1. The summed E-state index contributed by atoms with van der Waals surface area (Å²) in [6.07, 6.45) is 6.70. The summed E-state index contributed by atoms with van der Waals surface area (Å²) in [5.74, 6) is 1.87. The average molecular weight is 444 g/mol. The fourth-order valence-electron chi connectivity index (χ4n) is 3.71. The minimum atomic E-state index is -0.105. The van der Waals surface area contributed by atoms with Gasteiger partial charge in [-0.05, 0) is 42.5 Å². The third-order valence-corrected chi connectivity index (χ3v) is 5.46. The van der Waals surface area contributed by atoms with Crippen LogP contribution in [0.25, 0.3) is 17.0 Å². The second kappa shape index (κ2) is 10.3. The number of benzene rings is 2. The summed E-state index contributed by atoms with van der Waals surface area (Å²) in [5, 5.41) is 7.16. The molecular formula is C26H29N5O2. The van der Waals surface area contributed by atoms with Crippen molar-refractivity contribution < 1.29 is 9.21 Å². The molecule has 0 radical (unpaired) electrons.